The summed E-state index contributed by atoms with van der Waals surface area (Å²) in [4.78, 5) is 0. The lowest BCUT2D eigenvalue weighted by atomic mass is 10.4. The fourth-order valence-corrected chi connectivity index (χ4v) is 0.385. The standard InChI is InChI=1S/C6H6.HNO3S/c1-2-4-6-5-3-1;2-1-5(3)4/h1-6H;2H. The van der Waals surface area contributed by atoms with Crippen molar-refractivity contribution >= 4 is 10.5 Å². The molecule has 0 aromatic heterocycles. The Balaban J connectivity index is 0.000000187. The van der Waals surface area contributed by atoms with Gasteiger partial charge in [-0.25, -0.2) is 0 Å². The van der Waals surface area contributed by atoms with Gasteiger partial charge >= 0.3 is 10.5 Å². The second-order valence-electron chi connectivity index (χ2n) is 1.45. The van der Waals surface area contributed by atoms with Gasteiger partial charge in [-0.2, -0.15) is 8.42 Å². The summed E-state index contributed by atoms with van der Waals surface area (Å²) in [5, 5.41) is 7.16. The maximum absolute atomic E-state index is 8.95. The Labute approximate surface area is 65.8 Å². The highest BCUT2D eigenvalue weighted by Crippen LogP contribution is 1.79. The maximum Gasteiger partial charge on any atom is 0.338 e. The molecule has 0 unspecified atom stereocenters. The molecule has 0 heterocycles. The molecule has 0 radical (unpaired) electrons. The van der Waals surface area contributed by atoms with Crippen molar-refractivity contribution in [1.82, 2.24) is 0 Å². The normalized spacial score (nSPS) is 7.36. The second kappa shape index (κ2) is 6.91. The number of benzene rings is 1. The van der Waals surface area contributed by atoms with Crippen LogP contribution < -0.4 is 0 Å². The van der Waals surface area contributed by atoms with E-state index in [2.05, 4.69) is 0 Å². The highest BCUT2D eigenvalue weighted by atomic mass is 32.2. The van der Waals surface area contributed by atoms with Crippen LogP contribution in [0, 0.1) is 0 Å². The van der Waals surface area contributed by atoms with Crippen LogP contribution >= 0.6 is 0 Å². The lowest BCUT2D eigenvalue weighted by Gasteiger charge is -1.69. The van der Waals surface area contributed by atoms with Gasteiger partial charge in [0, 0.05) is 0 Å². The van der Waals surface area contributed by atoms with Crippen LogP contribution in [0.2, 0.25) is 0 Å². The van der Waals surface area contributed by atoms with Gasteiger partial charge in [0.2, 0.25) is 0 Å². The minimum absolute atomic E-state index is 1.81. The molecule has 60 valence electrons. The minimum atomic E-state index is -2.64. The Kier molecular flexibility index (Phi) is 6.16. The average Bonchev–Trinajstić information content (AvgIpc) is 2.09. The highest BCUT2D eigenvalue weighted by molar-refractivity contribution is 7.61. The monoisotopic (exact) mass is 173 g/mol. The zero-order valence-electron chi connectivity index (χ0n) is 5.58. The summed E-state index contributed by atoms with van der Waals surface area (Å²) in [7, 11) is -2.64. The van der Waals surface area contributed by atoms with E-state index in [0.717, 1.165) is 0 Å². The van der Waals surface area contributed by atoms with Crippen molar-refractivity contribution in [1.29, 1.82) is 0 Å². The molecule has 0 bridgehead atoms. The van der Waals surface area contributed by atoms with Gasteiger partial charge < -0.3 is 0 Å². The molecule has 5 heteroatoms. The first kappa shape index (κ1) is 9.80. The van der Waals surface area contributed by atoms with Gasteiger partial charge in [0.25, 0.3) is 0 Å². The van der Waals surface area contributed by atoms with Gasteiger partial charge in [0.15, 0.2) is 0 Å². The van der Waals surface area contributed by atoms with Crippen LogP contribution in [0.4, 0.5) is 0 Å². The second-order valence-corrected chi connectivity index (χ2v) is 2.05. The Morgan fingerprint density at radius 1 is 0.909 bits per heavy atom. The fraction of sp³-hybridized carbons (Fsp3) is 0. The summed E-state index contributed by atoms with van der Waals surface area (Å²) in [6, 6.07) is 12.0. The third-order valence-corrected chi connectivity index (χ3v) is 0.867. The summed E-state index contributed by atoms with van der Waals surface area (Å²) in [6.45, 7) is 0. The molecule has 0 aliphatic heterocycles. The Morgan fingerprint density at radius 3 is 1.18 bits per heavy atom. The molecule has 0 fully saturated rings. The van der Waals surface area contributed by atoms with Gasteiger partial charge in [0.05, 0.1) is 0 Å². The molecule has 0 aliphatic rings. The number of hydrogen-bond acceptors (Lipinski definition) is 3. The molecule has 11 heavy (non-hydrogen) atoms. The SMILES string of the molecule is O=S(=O)=NO.c1ccccc1. The molecule has 0 aliphatic carbocycles. The van der Waals surface area contributed by atoms with E-state index in [9.17, 15) is 0 Å². The van der Waals surface area contributed by atoms with Crippen molar-refractivity contribution in [3.8, 4) is 0 Å². The topological polar surface area (TPSA) is 66.7 Å². The summed E-state index contributed by atoms with van der Waals surface area (Å²) in [5.41, 5.74) is 0. The molecule has 4 nitrogen and oxygen atoms in total. The molecule has 0 atom stereocenters. The van der Waals surface area contributed by atoms with E-state index in [1.54, 1.807) is 4.53 Å². The highest BCUT2D eigenvalue weighted by Gasteiger charge is 1.57. The number of rotatable bonds is 0. The Bertz CT molecular complexity index is 258. The van der Waals surface area contributed by atoms with Crippen molar-refractivity contribution in [2.75, 3.05) is 0 Å². The Morgan fingerprint density at radius 2 is 1.09 bits per heavy atom. The van der Waals surface area contributed by atoms with E-state index in [4.69, 9.17) is 13.6 Å². The van der Waals surface area contributed by atoms with E-state index in [-0.39, 0.29) is 0 Å². The zero-order chi connectivity index (χ0) is 8.53. The van der Waals surface area contributed by atoms with Gasteiger partial charge in [-0.15, -0.1) is 0 Å². The van der Waals surface area contributed by atoms with E-state index < -0.39 is 10.5 Å². The largest absolute Gasteiger partial charge is 0.338 e. The van der Waals surface area contributed by atoms with Crippen molar-refractivity contribution in [2.45, 2.75) is 0 Å². The van der Waals surface area contributed by atoms with Crippen LogP contribution in [0.25, 0.3) is 0 Å². The van der Waals surface area contributed by atoms with E-state index in [1.165, 1.54) is 0 Å². The van der Waals surface area contributed by atoms with Gasteiger partial charge in [0.1, 0.15) is 0 Å². The summed E-state index contributed by atoms with van der Waals surface area (Å²) in [6.07, 6.45) is 0. The van der Waals surface area contributed by atoms with Gasteiger partial charge in [-0.3, -0.25) is 5.21 Å². The predicted molar refractivity (Wildman–Crippen MR) is 39.6 cm³/mol. The average molecular weight is 173 g/mol. The molecule has 1 N–H and O–H groups in total. The zero-order valence-corrected chi connectivity index (χ0v) is 6.40. The first-order valence-electron chi connectivity index (χ1n) is 2.72. The minimum Gasteiger partial charge on any atom is -0.253 e. The molecule has 0 saturated carbocycles. The molecular formula is C6H7NO3S. The van der Waals surface area contributed by atoms with Crippen LogP contribution in [-0.4, -0.2) is 13.6 Å². The van der Waals surface area contributed by atoms with Crippen LogP contribution in [0.5, 0.6) is 0 Å². The third-order valence-electron chi connectivity index (χ3n) is 0.733. The maximum atomic E-state index is 8.95. The van der Waals surface area contributed by atoms with Crippen LogP contribution in [0.3, 0.4) is 0 Å². The molecule has 0 spiro atoms. The molecule has 0 amide bonds. The lowest BCUT2D eigenvalue weighted by molar-refractivity contribution is 0.324. The van der Waals surface area contributed by atoms with E-state index in [0.29, 0.717) is 0 Å². The van der Waals surface area contributed by atoms with Crippen molar-refractivity contribution in [3.63, 3.8) is 0 Å². The van der Waals surface area contributed by atoms with E-state index >= 15 is 0 Å². The molecule has 1 aromatic rings. The van der Waals surface area contributed by atoms with Gasteiger partial charge in [-0.05, 0) is 4.53 Å². The van der Waals surface area contributed by atoms with Crippen LogP contribution in [0.15, 0.2) is 40.9 Å². The quantitative estimate of drug-likeness (QED) is 0.598. The molecule has 1 aromatic carbocycles. The fourth-order valence-electron chi connectivity index (χ4n) is 0.385. The Hall–Kier alpha value is -1.20. The summed E-state index contributed by atoms with van der Waals surface area (Å²) in [5.74, 6) is 0. The van der Waals surface area contributed by atoms with E-state index in [1.807, 2.05) is 36.4 Å². The van der Waals surface area contributed by atoms with Crippen LogP contribution in [-0.2, 0) is 10.5 Å². The molecule has 1 rings (SSSR count). The van der Waals surface area contributed by atoms with Crippen LogP contribution in [0.1, 0.15) is 0 Å². The van der Waals surface area contributed by atoms with Crippen molar-refractivity contribution < 1.29 is 13.6 Å². The van der Waals surface area contributed by atoms with Crippen molar-refractivity contribution in [3.05, 3.63) is 36.4 Å². The molecule has 0 saturated heterocycles. The smallest absolute Gasteiger partial charge is 0.253 e. The van der Waals surface area contributed by atoms with Gasteiger partial charge in [-0.1, -0.05) is 36.4 Å². The lowest BCUT2D eigenvalue weighted by Crippen LogP contribution is -1.48. The number of nitrogens with zero attached hydrogens (tertiary/aromatic N) is 1. The summed E-state index contributed by atoms with van der Waals surface area (Å²) < 4.78 is 19.7. The summed E-state index contributed by atoms with van der Waals surface area (Å²) >= 11 is 0. The first-order chi connectivity index (χ1) is 5.27. The third kappa shape index (κ3) is 8.80. The number of hydrogen-bond donors (Lipinski definition) is 1. The molecular weight excluding hydrogens is 166 g/mol. The predicted octanol–water partition coefficient (Wildman–Crippen LogP) is 1.12. The van der Waals surface area contributed by atoms with Crippen molar-refractivity contribution in [2.24, 2.45) is 4.53 Å². The first-order valence-corrected chi connectivity index (χ1v) is 3.75.